The molecule has 9 heteroatoms. The minimum absolute atomic E-state index is 0.387. The summed E-state index contributed by atoms with van der Waals surface area (Å²) in [6.07, 6.45) is 4.61. The average Bonchev–Trinajstić information content (AvgIpc) is 3.07. The van der Waals surface area contributed by atoms with Crippen LogP contribution in [-0.2, 0) is 0 Å². The molecule has 0 amide bonds. The van der Waals surface area contributed by atoms with E-state index in [4.69, 9.17) is 0 Å². The van der Waals surface area contributed by atoms with Gasteiger partial charge in [-0.15, -0.1) is 0 Å². The fourth-order valence-electron chi connectivity index (χ4n) is 3.52. The predicted octanol–water partition coefficient (Wildman–Crippen LogP) is 5.16. The highest BCUT2D eigenvalue weighted by Gasteiger charge is 2.17. The van der Waals surface area contributed by atoms with Gasteiger partial charge in [0.25, 0.3) is 5.95 Å². The number of hydrogen-bond donors (Lipinski definition) is 2. The van der Waals surface area contributed by atoms with Crippen LogP contribution in [0, 0.1) is 19.8 Å². The highest BCUT2D eigenvalue weighted by Crippen LogP contribution is 2.22. The van der Waals surface area contributed by atoms with Gasteiger partial charge in [0.05, 0.1) is 5.69 Å². The fourth-order valence-corrected chi connectivity index (χ4v) is 3.78. The van der Waals surface area contributed by atoms with E-state index in [9.17, 15) is 0 Å². The molecule has 2 heterocycles. The van der Waals surface area contributed by atoms with E-state index in [2.05, 4.69) is 58.7 Å². The molecule has 30 heavy (non-hydrogen) atoms. The number of anilines is 3. The van der Waals surface area contributed by atoms with E-state index in [1.54, 1.807) is 4.68 Å². The number of nitrogens with one attached hydrogen (secondary N) is 2. The number of benzene rings is 1. The molecule has 0 saturated heterocycles. The van der Waals surface area contributed by atoms with Crippen molar-refractivity contribution >= 4 is 39.2 Å². The van der Waals surface area contributed by atoms with E-state index in [1.807, 2.05) is 44.2 Å². The van der Waals surface area contributed by atoms with Gasteiger partial charge in [0.2, 0.25) is 11.9 Å². The highest BCUT2D eigenvalue weighted by molar-refractivity contribution is 9.10. The Labute approximate surface area is 184 Å². The van der Waals surface area contributed by atoms with Crippen LogP contribution in [0.1, 0.15) is 44.0 Å². The Kier molecular flexibility index (Phi) is 6.08. The molecule has 8 nitrogen and oxygen atoms in total. The summed E-state index contributed by atoms with van der Waals surface area (Å²) in [5.74, 6) is 1.73. The molecule has 156 valence electrons. The molecule has 1 aromatic carbocycles. The van der Waals surface area contributed by atoms with Gasteiger partial charge >= 0.3 is 0 Å². The standard InChI is InChI=1S/C21H25BrN8/c1-13-6-4-5-7-18(13)27-28-20-24-19(23-17-10-8-16(22)9-11-17)25-21(26-20)30-15(3)12-14(2)29-30/h8-13H,4-7H2,1-3H3,(H2,23,24,25,26,28)/b27-18-. The highest BCUT2D eigenvalue weighted by atomic mass is 79.9. The molecule has 1 fully saturated rings. The third-order valence-electron chi connectivity index (χ3n) is 5.11. The van der Waals surface area contributed by atoms with Crippen molar-refractivity contribution in [2.45, 2.75) is 46.5 Å². The lowest BCUT2D eigenvalue weighted by Crippen LogP contribution is -2.18. The first kappa shape index (κ1) is 20.5. The number of hydrogen-bond acceptors (Lipinski definition) is 7. The lowest BCUT2D eigenvalue weighted by molar-refractivity contribution is 0.558. The normalized spacial score (nSPS) is 17.9. The average molecular weight is 469 g/mol. The van der Waals surface area contributed by atoms with E-state index < -0.39 is 0 Å². The maximum atomic E-state index is 4.61. The molecule has 1 aliphatic rings. The number of aryl methyl sites for hydroxylation is 2. The Bertz CT molecular complexity index is 1060. The predicted molar refractivity (Wildman–Crippen MR) is 123 cm³/mol. The first-order valence-corrected chi connectivity index (χ1v) is 10.9. The summed E-state index contributed by atoms with van der Waals surface area (Å²) < 4.78 is 2.72. The van der Waals surface area contributed by atoms with Crippen LogP contribution in [0.3, 0.4) is 0 Å². The van der Waals surface area contributed by atoms with E-state index in [1.165, 1.54) is 19.3 Å². The number of hydrazone groups is 1. The van der Waals surface area contributed by atoms with Gasteiger partial charge in [0.15, 0.2) is 0 Å². The summed E-state index contributed by atoms with van der Waals surface area (Å²) in [6.45, 7) is 6.14. The Balaban J connectivity index is 1.67. The topological polar surface area (TPSA) is 92.9 Å². The summed E-state index contributed by atoms with van der Waals surface area (Å²) >= 11 is 3.45. The smallest absolute Gasteiger partial charge is 0.257 e. The number of nitrogens with zero attached hydrogens (tertiary/aromatic N) is 6. The van der Waals surface area contributed by atoms with Crippen molar-refractivity contribution in [2.24, 2.45) is 11.0 Å². The first-order valence-electron chi connectivity index (χ1n) is 10.1. The zero-order valence-corrected chi connectivity index (χ0v) is 18.9. The van der Waals surface area contributed by atoms with Crippen molar-refractivity contribution in [3.05, 3.63) is 46.2 Å². The quantitative estimate of drug-likeness (QED) is 0.502. The second-order valence-corrected chi connectivity index (χ2v) is 8.53. The Morgan fingerprint density at radius 3 is 2.53 bits per heavy atom. The molecule has 2 N–H and O–H groups in total. The van der Waals surface area contributed by atoms with Crippen LogP contribution < -0.4 is 10.7 Å². The zero-order valence-electron chi connectivity index (χ0n) is 17.4. The van der Waals surface area contributed by atoms with Crippen LogP contribution in [0.25, 0.3) is 5.95 Å². The minimum Gasteiger partial charge on any atom is -0.324 e. The van der Waals surface area contributed by atoms with Crippen LogP contribution in [0.2, 0.25) is 0 Å². The third-order valence-corrected chi connectivity index (χ3v) is 5.64. The maximum Gasteiger partial charge on any atom is 0.257 e. The molecule has 1 aliphatic carbocycles. The van der Waals surface area contributed by atoms with Gasteiger partial charge < -0.3 is 5.32 Å². The van der Waals surface area contributed by atoms with Crippen LogP contribution in [0.4, 0.5) is 17.6 Å². The molecular formula is C21H25BrN8. The Hall–Kier alpha value is -2.81. The van der Waals surface area contributed by atoms with E-state index in [0.29, 0.717) is 23.8 Å². The van der Waals surface area contributed by atoms with Gasteiger partial charge in [-0.3, -0.25) is 0 Å². The van der Waals surface area contributed by atoms with Crippen LogP contribution in [0.5, 0.6) is 0 Å². The first-order chi connectivity index (χ1) is 14.5. The largest absolute Gasteiger partial charge is 0.324 e. The van der Waals surface area contributed by atoms with Gasteiger partial charge in [-0.25, -0.2) is 10.1 Å². The summed E-state index contributed by atoms with van der Waals surface area (Å²) in [4.78, 5) is 13.6. The summed E-state index contributed by atoms with van der Waals surface area (Å²) in [5, 5.41) is 12.4. The van der Waals surface area contributed by atoms with Crippen molar-refractivity contribution in [1.82, 2.24) is 24.7 Å². The lowest BCUT2D eigenvalue weighted by Gasteiger charge is -2.19. The van der Waals surface area contributed by atoms with Gasteiger partial charge in [-0.2, -0.15) is 25.2 Å². The van der Waals surface area contributed by atoms with Gasteiger partial charge in [0, 0.05) is 21.6 Å². The molecule has 0 spiro atoms. The Morgan fingerprint density at radius 2 is 1.83 bits per heavy atom. The third kappa shape index (κ3) is 4.84. The molecule has 0 aliphatic heterocycles. The second-order valence-electron chi connectivity index (χ2n) is 7.62. The van der Waals surface area contributed by atoms with Crippen LogP contribution >= 0.6 is 15.9 Å². The van der Waals surface area contributed by atoms with E-state index in [-0.39, 0.29) is 0 Å². The number of halogens is 1. The van der Waals surface area contributed by atoms with E-state index >= 15 is 0 Å². The zero-order chi connectivity index (χ0) is 21.1. The summed E-state index contributed by atoms with van der Waals surface area (Å²) in [6, 6.07) is 9.81. The minimum atomic E-state index is 0.387. The number of rotatable bonds is 5. The molecule has 2 aromatic heterocycles. The second kappa shape index (κ2) is 8.91. The van der Waals surface area contributed by atoms with Gasteiger partial charge in [-0.1, -0.05) is 29.3 Å². The summed E-state index contributed by atoms with van der Waals surface area (Å²) in [7, 11) is 0. The van der Waals surface area contributed by atoms with Crippen LogP contribution in [-0.4, -0.2) is 30.4 Å². The molecular weight excluding hydrogens is 444 g/mol. The monoisotopic (exact) mass is 468 g/mol. The molecule has 1 atom stereocenters. The maximum absolute atomic E-state index is 4.61. The molecule has 0 radical (unpaired) electrons. The van der Waals surface area contributed by atoms with Gasteiger partial charge in [-0.05, 0) is 69.4 Å². The molecule has 1 saturated carbocycles. The van der Waals surface area contributed by atoms with Crippen LogP contribution in [0.15, 0.2) is 39.9 Å². The van der Waals surface area contributed by atoms with Crippen molar-refractivity contribution in [3.63, 3.8) is 0 Å². The van der Waals surface area contributed by atoms with Gasteiger partial charge in [0.1, 0.15) is 0 Å². The van der Waals surface area contributed by atoms with Crippen molar-refractivity contribution in [3.8, 4) is 5.95 Å². The molecule has 0 bridgehead atoms. The summed E-state index contributed by atoms with van der Waals surface area (Å²) in [5.41, 5.74) is 6.95. The number of aromatic nitrogens is 5. The van der Waals surface area contributed by atoms with Crippen molar-refractivity contribution < 1.29 is 0 Å². The lowest BCUT2D eigenvalue weighted by atomic mass is 9.89. The fraction of sp³-hybridized carbons (Fsp3) is 0.381. The molecule has 4 rings (SSSR count). The molecule has 3 aromatic rings. The Morgan fingerprint density at radius 1 is 1.07 bits per heavy atom. The van der Waals surface area contributed by atoms with Crippen molar-refractivity contribution in [1.29, 1.82) is 0 Å². The SMILES string of the molecule is Cc1cc(C)n(-c2nc(N/N=C3/CCCCC3C)nc(Nc3ccc(Br)cc3)n2)n1. The van der Waals surface area contributed by atoms with Crippen molar-refractivity contribution in [2.75, 3.05) is 10.7 Å². The van der Waals surface area contributed by atoms with E-state index in [0.717, 1.165) is 33.7 Å². The molecule has 1 unspecified atom stereocenters.